The van der Waals surface area contributed by atoms with E-state index in [1.807, 2.05) is 6.07 Å². The van der Waals surface area contributed by atoms with Crippen LogP contribution in [0.2, 0.25) is 0 Å². The Morgan fingerprint density at radius 1 is 0.837 bits per heavy atom. The first kappa shape index (κ1) is 30.1. The Kier molecular flexibility index (Phi) is 9.61. The molecule has 4 aromatic rings. The second kappa shape index (κ2) is 13.7. The zero-order chi connectivity index (χ0) is 30.3. The van der Waals surface area contributed by atoms with Crippen molar-refractivity contribution in [2.45, 2.75) is 54.0 Å². The number of hydrogen-bond donors (Lipinski definition) is 0. The molecular weight excluding hydrogens is 526 g/mol. The van der Waals surface area contributed by atoms with Crippen molar-refractivity contribution in [1.82, 2.24) is 4.98 Å². The van der Waals surface area contributed by atoms with Gasteiger partial charge in [-0.15, -0.1) is 0 Å². The van der Waals surface area contributed by atoms with E-state index in [0.29, 0.717) is 0 Å². The first-order valence-corrected chi connectivity index (χ1v) is 15.7. The number of para-hydroxylation sites is 1. The monoisotopic (exact) mass is 571 g/mol. The van der Waals surface area contributed by atoms with Crippen molar-refractivity contribution in [3.8, 4) is 0 Å². The summed E-state index contributed by atoms with van der Waals surface area (Å²) in [5.74, 6) is 0.882. The molecule has 3 aromatic carbocycles. The molecule has 0 saturated carbocycles. The molecule has 5 heteroatoms. The zero-order valence-electron chi connectivity index (χ0n) is 26.6. The second-order valence-electron chi connectivity index (χ2n) is 11.2. The summed E-state index contributed by atoms with van der Waals surface area (Å²) in [6.45, 7) is 17.2. The van der Waals surface area contributed by atoms with Gasteiger partial charge in [-0.05, 0) is 106 Å². The lowest BCUT2D eigenvalue weighted by Gasteiger charge is -2.21. The van der Waals surface area contributed by atoms with Crippen molar-refractivity contribution in [2.24, 2.45) is 5.10 Å². The third-order valence-electron chi connectivity index (χ3n) is 8.48. The molecule has 0 radical (unpaired) electrons. The fourth-order valence-electron chi connectivity index (χ4n) is 5.93. The summed E-state index contributed by atoms with van der Waals surface area (Å²) in [6.07, 6.45) is 7.55. The van der Waals surface area contributed by atoms with Crippen LogP contribution in [0.4, 0.5) is 17.2 Å². The summed E-state index contributed by atoms with van der Waals surface area (Å²) < 4.78 is 0. The topological polar surface area (TPSA) is 35.0 Å². The molecule has 1 aliphatic rings. The predicted molar refractivity (Wildman–Crippen MR) is 187 cm³/mol. The molecule has 222 valence electrons. The number of nitrogens with zero attached hydrogens (tertiary/aromatic N) is 5. The van der Waals surface area contributed by atoms with E-state index >= 15 is 0 Å². The van der Waals surface area contributed by atoms with Gasteiger partial charge < -0.3 is 9.80 Å². The Bertz CT molecular complexity index is 1610. The van der Waals surface area contributed by atoms with Crippen LogP contribution in [0.3, 0.4) is 0 Å². The van der Waals surface area contributed by atoms with Gasteiger partial charge in [-0.3, -0.25) is 0 Å². The lowest BCUT2D eigenvalue weighted by Crippen LogP contribution is -2.25. The fraction of sp³-hybridized carbons (Fsp3) is 0.316. The van der Waals surface area contributed by atoms with Gasteiger partial charge in [0, 0.05) is 49.4 Å². The van der Waals surface area contributed by atoms with E-state index in [0.717, 1.165) is 49.6 Å². The lowest BCUT2D eigenvalue weighted by atomic mass is 10.0. The van der Waals surface area contributed by atoms with Crippen LogP contribution >= 0.6 is 0 Å². The number of hydrogen-bond acceptors (Lipinski definition) is 5. The normalized spacial score (nSPS) is 15.4. The number of hydrazone groups is 1. The number of aromatic nitrogens is 1. The van der Waals surface area contributed by atoms with Crippen LogP contribution < -0.4 is 14.8 Å². The number of aryl methyl sites for hydroxylation is 1. The highest BCUT2D eigenvalue weighted by Crippen LogP contribution is 2.30. The maximum Gasteiger partial charge on any atom is 0.150 e. The van der Waals surface area contributed by atoms with E-state index < -0.39 is 0 Å². The Hall–Kier alpha value is -4.38. The van der Waals surface area contributed by atoms with Gasteiger partial charge in [0.25, 0.3) is 0 Å². The molecule has 0 saturated heterocycles. The van der Waals surface area contributed by atoms with Gasteiger partial charge in [0.1, 0.15) is 5.82 Å². The van der Waals surface area contributed by atoms with Crippen molar-refractivity contribution >= 4 is 45.5 Å². The fourth-order valence-corrected chi connectivity index (χ4v) is 5.93. The average molecular weight is 572 g/mol. The summed E-state index contributed by atoms with van der Waals surface area (Å²) in [5, 5.41) is 8.42. The molecule has 0 spiro atoms. The van der Waals surface area contributed by atoms with Crippen LogP contribution in [-0.4, -0.2) is 42.9 Å². The Morgan fingerprint density at radius 3 is 2.07 bits per heavy atom. The molecule has 2 heterocycles. The zero-order valence-corrected chi connectivity index (χ0v) is 26.6. The summed E-state index contributed by atoms with van der Waals surface area (Å²) in [6, 6.07) is 28.3. The summed E-state index contributed by atoms with van der Waals surface area (Å²) in [4.78, 5) is 9.78. The summed E-state index contributed by atoms with van der Waals surface area (Å²) in [7, 11) is 0. The highest BCUT2D eigenvalue weighted by atomic mass is 15.5. The molecule has 5 rings (SSSR count). The maximum absolute atomic E-state index is 5.14. The van der Waals surface area contributed by atoms with Crippen molar-refractivity contribution in [1.29, 1.82) is 0 Å². The SMILES string of the molecule is CCN(CC)c1ccc(C=CC2CC(C=C(C)c3ccc(N(CC)CC)cc3)=NN2c2cc(C)c3ccccc3n2)cc1. The van der Waals surface area contributed by atoms with E-state index in [9.17, 15) is 0 Å². The molecule has 0 bridgehead atoms. The van der Waals surface area contributed by atoms with Gasteiger partial charge in [0.05, 0.1) is 17.3 Å². The minimum atomic E-state index is 0.0691. The van der Waals surface area contributed by atoms with Crippen LogP contribution in [-0.2, 0) is 0 Å². The Labute approximate surface area is 257 Å². The number of anilines is 3. The first-order valence-electron chi connectivity index (χ1n) is 15.7. The average Bonchev–Trinajstić information content (AvgIpc) is 3.44. The van der Waals surface area contributed by atoms with Gasteiger partial charge in [-0.1, -0.05) is 54.6 Å². The van der Waals surface area contributed by atoms with Crippen molar-refractivity contribution in [3.63, 3.8) is 0 Å². The van der Waals surface area contributed by atoms with Crippen LogP contribution in [0.5, 0.6) is 0 Å². The first-order chi connectivity index (χ1) is 20.9. The lowest BCUT2D eigenvalue weighted by molar-refractivity contribution is 0.778. The minimum absolute atomic E-state index is 0.0691. The van der Waals surface area contributed by atoms with Gasteiger partial charge in [-0.2, -0.15) is 5.10 Å². The third-order valence-corrected chi connectivity index (χ3v) is 8.48. The van der Waals surface area contributed by atoms with Crippen LogP contribution in [0.25, 0.3) is 22.6 Å². The molecule has 43 heavy (non-hydrogen) atoms. The smallest absolute Gasteiger partial charge is 0.150 e. The maximum atomic E-state index is 5.14. The Balaban J connectivity index is 1.44. The van der Waals surface area contributed by atoms with E-state index in [4.69, 9.17) is 10.1 Å². The van der Waals surface area contributed by atoms with E-state index in [-0.39, 0.29) is 6.04 Å². The molecule has 1 aliphatic heterocycles. The predicted octanol–water partition coefficient (Wildman–Crippen LogP) is 8.99. The standard InChI is InChI=1S/C38H45N5/c1-7-41(8-2)33-20-15-30(16-21-33)17-22-35-27-32(25-28(5)31-18-23-34(24-19-31)42(9-3)10-4)40-43(35)38-26-29(6)36-13-11-12-14-37(36)39-38/h11-26,35H,7-10,27H2,1-6H3. The van der Waals surface area contributed by atoms with Gasteiger partial charge >= 0.3 is 0 Å². The van der Waals surface area contributed by atoms with Crippen molar-refractivity contribution in [3.05, 3.63) is 108 Å². The summed E-state index contributed by atoms with van der Waals surface area (Å²) >= 11 is 0. The quantitative estimate of drug-likeness (QED) is 0.180. The minimum Gasteiger partial charge on any atom is -0.372 e. The highest BCUT2D eigenvalue weighted by molar-refractivity contribution is 6.03. The molecule has 5 nitrogen and oxygen atoms in total. The number of pyridine rings is 1. The number of fused-ring (bicyclic) bond motifs is 1. The van der Waals surface area contributed by atoms with E-state index in [1.54, 1.807) is 0 Å². The van der Waals surface area contributed by atoms with E-state index in [1.165, 1.54) is 39.0 Å². The largest absolute Gasteiger partial charge is 0.372 e. The van der Waals surface area contributed by atoms with Crippen LogP contribution in [0, 0.1) is 6.92 Å². The summed E-state index contributed by atoms with van der Waals surface area (Å²) in [5.41, 5.74) is 9.41. The van der Waals surface area contributed by atoms with Crippen molar-refractivity contribution < 1.29 is 0 Å². The number of benzene rings is 3. The highest BCUT2D eigenvalue weighted by Gasteiger charge is 2.26. The molecule has 0 N–H and O–H groups in total. The second-order valence-corrected chi connectivity index (χ2v) is 11.2. The molecule has 0 aliphatic carbocycles. The number of allylic oxidation sites excluding steroid dienone is 2. The van der Waals surface area contributed by atoms with Gasteiger partial charge in [0.15, 0.2) is 0 Å². The third kappa shape index (κ3) is 6.83. The molecule has 1 atom stereocenters. The molecule has 0 amide bonds. The molecule has 0 fully saturated rings. The van der Waals surface area contributed by atoms with Gasteiger partial charge in [-0.25, -0.2) is 9.99 Å². The van der Waals surface area contributed by atoms with E-state index in [2.05, 4.69) is 147 Å². The molecular formula is C38H45N5. The Morgan fingerprint density at radius 2 is 1.44 bits per heavy atom. The molecule has 1 unspecified atom stereocenters. The van der Waals surface area contributed by atoms with Gasteiger partial charge in [0.2, 0.25) is 0 Å². The van der Waals surface area contributed by atoms with Crippen LogP contribution in [0.1, 0.15) is 57.7 Å². The number of rotatable bonds is 11. The van der Waals surface area contributed by atoms with Crippen LogP contribution in [0.15, 0.2) is 96.1 Å². The van der Waals surface area contributed by atoms with Crippen molar-refractivity contribution in [2.75, 3.05) is 41.0 Å². The molecule has 1 aromatic heterocycles.